The van der Waals surface area contributed by atoms with Crippen LogP contribution in [0.5, 0.6) is 0 Å². The highest BCUT2D eigenvalue weighted by atomic mass is 31.3. The molecule has 0 radical (unpaired) electrons. The highest BCUT2D eigenvalue weighted by Gasteiger charge is 2.46. The minimum atomic E-state index is -5.44. The quantitative estimate of drug-likeness (QED) is 0.0155. The lowest BCUT2D eigenvalue weighted by atomic mass is 10.0. The predicted octanol–water partition coefficient (Wildman–Crippen LogP) is 8.75. The lowest BCUT2D eigenvalue weighted by Crippen LogP contribution is -2.36. The number of anilines is 1. The number of allylic oxidation sites excluding steroid dienone is 8. The molecule has 1 aliphatic rings. The third-order valence-electron chi connectivity index (χ3n) is 11.1. The van der Waals surface area contributed by atoms with E-state index in [-0.39, 0.29) is 24.8 Å². The Bertz CT molecular complexity index is 1860. The third kappa shape index (κ3) is 29.6. The van der Waals surface area contributed by atoms with Crippen LogP contribution in [0.3, 0.4) is 0 Å². The Morgan fingerprint density at radius 1 is 0.754 bits per heavy atom. The maximum atomic E-state index is 12.8. The smallest absolute Gasteiger partial charge is 0.462 e. The van der Waals surface area contributed by atoms with Crippen LogP contribution in [0.25, 0.3) is 0 Å². The van der Waals surface area contributed by atoms with E-state index in [1.165, 1.54) is 57.4 Å². The third-order valence-corrected chi connectivity index (χ3v) is 13.7. The molecule has 2 unspecified atom stereocenters. The molecule has 0 bridgehead atoms. The van der Waals surface area contributed by atoms with Crippen molar-refractivity contribution in [3.63, 3.8) is 0 Å². The average molecular weight is 1020 g/mol. The molecule has 1 aromatic heterocycles. The number of unbranched alkanes of at least 4 members (excludes halogenated alkanes) is 13. The van der Waals surface area contributed by atoms with Gasteiger partial charge < -0.3 is 45.1 Å². The van der Waals surface area contributed by atoms with Crippen molar-refractivity contribution in [2.75, 3.05) is 25.6 Å². The van der Waals surface area contributed by atoms with E-state index in [9.17, 15) is 48.6 Å². The number of hydrogen-bond acceptors (Lipinski definition) is 16. The normalized spacial score (nSPS) is 20.2. The number of aliphatic hydroxyl groups excluding tert-OH is 3. The molecule has 69 heavy (non-hydrogen) atoms. The van der Waals surface area contributed by atoms with Gasteiger partial charge in [-0.3, -0.25) is 23.2 Å². The zero-order chi connectivity index (χ0) is 50.8. The number of aliphatic hydroxyl groups is 3. The van der Waals surface area contributed by atoms with Crippen molar-refractivity contribution >= 4 is 33.4 Å². The van der Waals surface area contributed by atoms with Gasteiger partial charge in [0.05, 0.1) is 19.3 Å². The van der Waals surface area contributed by atoms with Gasteiger partial charge in [0.2, 0.25) is 0 Å². The molecule has 0 spiro atoms. The second-order valence-electron chi connectivity index (χ2n) is 17.1. The standard InChI is InChI=1S/C48H81N3O16P2/c1-3-5-6-7-8-9-10-13-18-21-24-27-30-33-44(54)65-40(36-62-43(53)32-29-26-23-20-17-15-12-11-14-16-19-22-25-28-31-39(52)4-2)37-63-68(58,59)67-69(60,61)64-38-41-45(55)46(56)47(66-41)51-35-34-42(49)50-48(51)57/h12,14-16,20,22-23,25,34-35,39-41,45-47,52,55-56H,3-11,13,17-19,21,24,26-33,36-38H2,1-2H3,(H,58,59)(H,60,61)(H2,49,50,57)/b15-12-,16-14-,23-20-,25-22-/t39-,40+,41+,45+,46+,47+/m0/s1. The molecule has 7 N–H and O–H groups in total. The monoisotopic (exact) mass is 1020 g/mol. The molecule has 0 aliphatic carbocycles. The van der Waals surface area contributed by atoms with E-state index in [1.54, 1.807) is 0 Å². The molecule has 0 aromatic carbocycles. The van der Waals surface area contributed by atoms with Gasteiger partial charge in [-0.1, -0.05) is 140 Å². The van der Waals surface area contributed by atoms with E-state index in [1.807, 2.05) is 25.2 Å². The van der Waals surface area contributed by atoms with Crippen LogP contribution in [0.2, 0.25) is 0 Å². The Balaban J connectivity index is 1.83. The summed E-state index contributed by atoms with van der Waals surface area (Å²) in [6, 6.07) is 1.24. The topological polar surface area (TPSA) is 286 Å². The number of carbonyl (C=O) groups is 2. The summed E-state index contributed by atoms with van der Waals surface area (Å²) in [5.74, 6) is -1.38. The lowest BCUT2D eigenvalue weighted by molar-refractivity contribution is -0.161. The van der Waals surface area contributed by atoms with Crippen LogP contribution in [-0.4, -0.2) is 96.9 Å². The number of nitrogens with zero attached hydrogens (tertiary/aromatic N) is 2. The molecular formula is C48H81N3O16P2. The summed E-state index contributed by atoms with van der Waals surface area (Å²) in [6.07, 6.45) is 30.0. The average Bonchev–Trinajstić information content (AvgIpc) is 3.58. The molecule has 0 amide bonds. The number of carbonyl (C=O) groups excluding carboxylic acids is 2. The van der Waals surface area contributed by atoms with Crippen LogP contribution >= 0.6 is 15.6 Å². The minimum Gasteiger partial charge on any atom is -0.462 e. The molecule has 1 aliphatic heterocycles. The zero-order valence-corrected chi connectivity index (χ0v) is 42.5. The highest BCUT2D eigenvalue weighted by molar-refractivity contribution is 7.61. The van der Waals surface area contributed by atoms with Crippen LogP contribution in [0.1, 0.15) is 168 Å². The fraction of sp³-hybridized carbons (Fsp3) is 0.708. The van der Waals surface area contributed by atoms with Gasteiger partial charge >= 0.3 is 33.3 Å². The van der Waals surface area contributed by atoms with Crippen molar-refractivity contribution in [1.29, 1.82) is 0 Å². The first-order chi connectivity index (χ1) is 33.1. The number of esters is 2. The molecule has 19 nitrogen and oxygen atoms in total. The van der Waals surface area contributed by atoms with E-state index < -0.39 is 83.7 Å². The number of phosphoric acid groups is 2. The molecule has 394 valence electrons. The van der Waals surface area contributed by atoms with Crippen molar-refractivity contribution in [3.05, 3.63) is 71.4 Å². The SMILES string of the molecule is CCCCCCCCCCCCCCCC(=O)O[C@H](COC(=O)CCC/C=C\C/C=C\C/C=C\C/C=C\CC[C@@H](O)CC)COP(=O)(O)OP(=O)(O)OC[C@H]1O[C@@H](n2ccc(N)nc2=O)[C@H](O)[C@@H]1O. The van der Waals surface area contributed by atoms with Gasteiger partial charge in [-0.05, 0) is 63.9 Å². The Morgan fingerprint density at radius 3 is 1.87 bits per heavy atom. The molecule has 1 fully saturated rings. The molecule has 0 saturated carbocycles. The van der Waals surface area contributed by atoms with Crippen LogP contribution in [0, 0.1) is 0 Å². The van der Waals surface area contributed by atoms with E-state index in [0.717, 1.165) is 75.0 Å². The first-order valence-electron chi connectivity index (χ1n) is 24.7. The largest absolute Gasteiger partial charge is 0.481 e. The number of ether oxygens (including phenoxy) is 3. The van der Waals surface area contributed by atoms with Gasteiger partial charge in [0.1, 0.15) is 30.7 Å². The van der Waals surface area contributed by atoms with Crippen LogP contribution in [-0.2, 0) is 46.3 Å². The van der Waals surface area contributed by atoms with Gasteiger partial charge in [-0.2, -0.15) is 9.29 Å². The number of nitrogen functional groups attached to an aromatic ring is 1. The van der Waals surface area contributed by atoms with Crippen LogP contribution < -0.4 is 11.4 Å². The Morgan fingerprint density at radius 2 is 1.29 bits per heavy atom. The molecule has 1 saturated heterocycles. The highest BCUT2D eigenvalue weighted by Crippen LogP contribution is 2.60. The lowest BCUT2D eigenvalue weighted by Gasteiger charge is -2.21. The van der Waals surface area contributed by atoms with Crippen LogP contribution in [0.15, 0.2) is 65.7 Å². The second kappa shape index (κ2) is 36.6. The van der Waals surface area contributed by atoms with Crippen molar-refractivity contribution < 1.29 is 71.4 Å². The summed E-state index contributed by atoms with van der Waals surface area (Å²) in [4.78, 5) is 61.8. The molecule has 1 aromatic rings. The van der Waals surface area contributed by atoms with E-state index in [0.29, 0.717) is 19.3 Å². The van der Waals surface area contributed by atoms with E-state index in [4.69, 9.17) is 29.0 Å². The van der Waals surface area contributed by atoms with Gasteiger partial charge in [-0.25, -0.2) is 13.9 Å². The van der Waals surface area contributed by atoms with Gasteiger partial charge in [0, 0.05) is 19.0 Å². The van der Waals surface area contributed by atoms with Gasteiger partial charge in [0.25, 0.3) is 0 Å². The van der Waals surface area contributed by atoms with Crippen molar-refractivity contribution in [3.8, 4) is 0 Å². The molecule has 21 heteroatoms. The number of rotatable bonds is 40. The summed E-state index contributed by atoms with van der Waals surface area (Å²) in [5, 5.41) is 30.5. The molecular weight excluding hydrogens is 936 g/mol. The molecule has 2 heterocycles. The first-order valence-corrected chi connectivity index (χ1v) is 27.7. The molecule has 8 atom stereocenters. The Labute approximate surface area is 408 Å². The molecule has 2 rings (SSSR count). The van der Waals surface area contributed by atoms with E-state index in [2.05, 4.69) is 46.6 Å². The summed E-state index contributed by atoms with van der Waals surface area (Å²) in [5.41, 5.74) is 4.58. The minimum absolute atomic E-state index is 0.0331. The maximum Gasteiger partial charge on any atom is 0.481 e. The fourth-order valence-electron chi connectivity index (χ4n) is 7.05. The summed E-state index contributed by atoms with van der Waals surface area (Å²) in [7, 11) is -10.9. The summed E-state index contributed by atoms with van der Waals surface area (Å²) < 4.78 is 56.6. The first kappa shape index (κ1) is 61.8. The zero-order valence-electron chi connectivity index (χ0n) is 40.7. The van der Waals surface area contributed by atoms with Gasteiger partial charge in [0.15, 0.2) is 12.3 Å². The predicted molar refractivity (Wildman–Crippen MR) is 262 cm³/mol. The summed E-state index contributed by atoms with van der Waals surface area (Å²) in [6.45, 7) is 1.81. The second-order valence-corrected chi connectivity index (χ2v) is 20.2. The Hall–Kier alpha value is -3.32. The maximum absolute atomic E-state index is 12.8. The van der Waals surface area contributed by atoms with Crippen molar-refractivity contribution in [2.24, 2.45) is 0 Å². The van der Waals surface area contributed by atoms with Crippen molar-refractivity contribution in [1.82, 2.24) is 9.55 Å². The number of aromatic nitrogens is 2. The van der Waals surface area contributed by atoms with Crippen molar-refractivity contribution in [2.45, 2.75) is 198 Å². The van der Waals surface area contributed by atoms with E-state index >= 15 is 0 Å². The Kier molecular flexibility index (Phi) is 32.8. The van der Waals surface area contributed by atoms with Crippen LogP contribution in [0.4, 0.5) is 5.82 Å². The number of nitrogens with two attached hydrogens (primary N) is 1. The van der Waals surface area contributed by atoms with Gasteiger partial charge in [-0.15, -0.1) is 0 Å². The number of hydrogen-bond donors (Lipinski definition) is 6. The fourth-order valence-corrected chi connectivity index (χ4v) is 9.16. The summed E-state index contributed by atoms with van der Waals surface area (Å²) >= 11 is 0. The number of phosphoric ester groups is 2.